The highest BCUT2D eigenvalue weighted by Gasteiger charge is 2.33. The first-order chi connectivity index (χ1) is 18.4. The Morgan fingerprint density at radius 1 is 0.895 bits per heavy atom. The van der Waals surface area contributed by atoms with E-state index in [-0.39, 0.29) is 5.52 Å². The predicted molar refractivity (Wildman–Crippen MR) is 143 cm³/mol. The zero-order valence-corrected chi connectivity index (χ0v) is 20.4. The SMILES string of the molecule is COc1cccc(CNc2cccc(-c3c(-c4ccccc4C=O)cnc4c(C(F)(F)F)cccc34)c2)c1. The number of anilines is 1. The van der Waals surface area contributed by atoms with Crippen molar-refractivity contribution >= 4 is 22.9 Å². The van der Waals surface area contributed by atoms with Crippen LogP contribution in [0.15, 0.2) is 97.2 Å². The molecule has 1 heterocycles. The van der Waals surface area contributed by atoms with Gasteiger partial charge in [0.15, 0.2) is 6.29 Å². The van der Waals surface area contributed by atoms with Crippen LogP contribution in [0.4, 0.5) is 18.9 Å². The number of hydrogen-bond donors (Lipinski definition) is 1. The quantitative estimate of drug-likeness (QED) is 0.224. The van der Waals surface area contributed by atoms with E-state index >= 15 is 0 Å². The summed E-state index contributed by atoms with van der Waals surface area (Å²) in [6, 6.07) is 26.2. The number of fused-ring (bicyclic) bond motifs is 1. The summed E-state index contributed by atoms with van der Waals surface area (Å²) < 4.78 is 46.9. The van der Waals surface area contributed by atoms with Crippen molar-refractivity contribution in [2.45, 2.75) is 12.7 Å². The monoisotopic (exact) mass is 512 g/mol. The molecule has 0 aliphatic carbocycles. The average molecular weight is 513 g/mol. The third-order valence-electron chi connectivity index (χ3n) is 6.36. The third-order valence-corrected chi connectivity index (χ3v) is 6.36. The molecule has 38 heavy (non-hydrogen) atoms. The van der Waals surface area contributed by atoms with Crippen LogP contribution in [-0.2, 0) is 12.7 Å². The van der Waals surface area contributed by atoms with Gasteiger partial charge in [-0.2, -0.15) is 13.2 Å². The van der Waals surface area contributed by atoms with Gasteiger partial charge in [-0.05, 0) is 47.0 Å². The van der Waals surface area contributed by atoms with Gasteiger partial charge in [0.05, 0.1) is 18.2 Å². The number of ether oxygens (including phenoxy) is 1. The molecule has 0 aliphatic rings. The fourth-order valence-electron chi connectivity index (χ4n) is 4.58. The smallest absolute Gasteiger partial charge is 0.418 e. The lowest BCUT2D eigenvalue weighted by atomic mass is 9.89. The van der Waals surface area contributed by atoms with Crippen molar-refractivity contribution < 1.29 is 22.7 Å². The number of aromatic nitrogens is 1. The zero-order chi connectivity index (χ0) is 26.7. The van der Waals surface area contributed by atoms with Gasteiger partial charge in [0.25, 0.3) is 0 Å². The van der Waals surface area contributed by atoms with E-state index in [0.29, 0.717) is 39.7 Å². The van der Waals surface area contributed by atoms with Gasteiger partial charge in [0.2, 0.25) is 0 Å². The van der Waals surface area contributed by atoms with Crippen LogP contribution in [0.1, 0.15) is 21.5 Å². The molecule has 0 saturated heterocycles. The number of para-hydroxylation sites is 1. The van der Waals surface area contributed by atoms with E-state index < -0.39 is 11.7 Å². The van der Waals surface area contributed by atoms with Gasteiger partial charge in [-0.1, -0.05) is 60.7 Å². The number of nitrogens with zero attached hydrogens (tertiary/aromatic N) is 1. The molecule has 190 valence electrons. The van der Waals surface area contributed by atoms with Crippen LogP contribution in [-0.4, -0.2) is 18.4 Å². The summed E-state index contributed by atoms with van der Waals surface area (Å²) >= 11 is 0. The number of aldehydes is 1. The normalized spacial score (nSPS) is 11.4. The molecular formula is C31H23F3N2O2. The fraction of sp³-hybridized carbons (Fsp3) is 0.0968. The molecule has 5 rings (SSSR count). The van der Waals surface area contributed by atoms with Crippen molar-refractivity contribution in [3.63, 3.8) is 0 Å². The van der Waals surface area contributed by atoms with Crippen molar-refractivity contribution in [1.82, 2.24) is 4.98 Å². The number of benzene rings is 4. The van der Waals surface area contributed by atoms with E-state index in [2.05, 4.69) is 10.3 Å². The predicted octanol–water partition coefficient (Wildman–Crippen LogP) is 8.02. The van der Waals surface area contributed by atoms with Gasteiger partial charge in [0.1, 0.15) is 5.75 Å². The van der Waals surface area contributed by atoms with Crippen LogP contribution >= 0.6 is 0 Å². The van der Waals surface area contributed by atoms with Gasteiger partial charge in [-0.25, -0.2) is 0 Å². The number of alkyl halides is 3. The van der Waals surface area contributed by atoms with E-state index in [4.69, 9.17) is 4.74 Å². The molecule has 0 fully saturated rings. The van der Waals surface area contributed by atoms with Crippen molar-refractivity contribution in [1.29, 1.82) is 0 Å². The maximum absolute atomic E-state index is 13.9. The molecule has 0 aliphatic heterocycles. The van der Waals surface area contributed by atoms with Crippen molar-refractivity contribution in [2.75, 3.05) is 12.4 Å². The number of carbonyl (C=O) groups is 1. The molecule has 0 amide bonds. The summed E-state index contributed by atoms with van der Waals surface area (Å²) in [5.41, 5.74) is 3.72. The number of rotatable bonds is 7. The first-order valence-corrected chi connectivity index (χ1v) is 11.9. The second kappa shape index (κ2) is 10.4. The molecule has 7 heteroatoms. The van der Waals surface area contributed by atoms with Crippen LogP contribution in [0.5, 0.6) is 5.75 Å². The highest BCUT2D eigenvalue weighted by Crippen LogP contribution is 2.42. The van der Waals surface area contributed by atoms with Crippen LogP contribution in [0.25, 0.3) is 33.2 Å². The molecule has 5 aromatic rings. The minimum Gasteiger partial charge on any atom is -0.497 e. The van der Waals surface area contributed by atoms with Crippen molar-refractivity contribution in [3.8, 4) is 28.0 Å². The van der Waals surface area contributed by atoms with Crippen LogP contribution < -0.4 is 10.1 Å². The standard InChI is InChI=1S/C31H23F3N2O2/c1-38-24-11-4-7-20(15-24)17-35-23-10-5-9-21(16-23)29-26-13-6-14-28(31(32,33)34)30(26)36-18-27(29)25-12-3-2-8-22(25)19-37/h2-16,18-19,35H,17H2,1H3. The van der Waals surface area contributed by atoms with Gasteiger partial charge in [-0.15, -0.1) is 0 Å². The summed E-state index contributed by atoms with van der Waals surface area (Å²) in [7, 11) is 1.61. The minimum absolute atomic E-state index is 0.142. The highest BCUT2D eigenvalue weighted by molar-refractivity contribution is 6.05. The Hall–Kier alpha value is -4.65. The Morgan fingerprint density at radius 2 is 1.68 bits per heavy atom. The average Bonchev–Trinajstić information content (AvgIpc) is 2.94. The van der Waals surface area contributed by atoms with Gasteiger partial charge < -0.3 is 10.1 Å². The molecule has 4 aromatic carbocycles. The summed E-state index contributed by atoms with van der Waals surface area (Å²) in [4.78, 5) is 16.1. The first-order valence-electron chi connectivity index (χ1n) is 11.9. The number of pyridine rings is 1. The fourth-order valence-corrected chi connectivity index (χ4v) is 4.58. The molecule has 0 saturated carbocycles. The Kier molecular flexibility index (Phi) is 6.83. The molecule has 0 unspecified atom stereocenters. The number of carbonyl (C=O) groups excluding carboxylic acids is 1. The Morgan fingerprint density at radius 3 is 2.47 bits per heavy atom. The lowest BCUT2D eigenvalue weighted by molar-refractivity contribution is -0.136. The summed E-state index contributed by atoms with van der Waals surface area (Å²) in [5, 5.41) is 3.73. The van der Waals surface area contributed by atoms with E-state index in [1.807, 2.05) is 48.5 Å². The highest BCUT2D eigenvalue weighted by atomic mass is 19.4. The van der Waals surface area contributed by atoms with E-state index in [9.17, 15) is 18.0 Å². The topological polar surface area (TPSA) is 51.2 Å². The number of hydrogen-bond acceptors (Lipinski definition) is 4. The molecule has 1 aromatic heterocycles. The molecule has 0 radical (unpaired) electrons. The summed E-state index contributed by atoms with van der Waals surface area (Å²) in [6.07, 6.45) is -2.40. The maximum atomic E-state index is 13.9. The largest absolute Gasteiger partial charge is 0.497 e. The van der Waals surface area contributed by atoms with Gasteiger partial charge >= 0.3 is 6.18 Å². The Labute approximate surface area is 217 Å². The summed E-state index contributed by atoms with van der Waals surface area (Å²) in [6.45, 7) is 0.525. The molecule has 0 spiro atoms. The van der Waals surface area contributed by atoms with Crippen molar-refractivity contribution in [3.05, 3.63) is 114 Å². The molecule has 1 N–H and O–H groups in total. The number of methoxy groups -OCH3 is 1. The molecule has 0 atom stereocenters. The maximum Gasteiger partial charge on any atom is 0.418 e. The Balaban J connectivity index is 1.67. The first kappa shape index (κ1) is 25.0. The second-order valence-corrected chi connectivity index (χ2v) is 8.74. The van der Waals surface area contributed by atoms with E-state index in [0.717, 1.165) is 29.4 Å². The summed E-state index contributed by atoms with van der Waals surface area (Å²) in [5.74, 6) is 0.750. The molecule has 4 nitrogen and oxygen atoms in total. The number of halogens is 3. The van der Waals surface area contributed by atoms with E-state index in [1.165, 1.54) is 12.3 Å². The lowest BCUT2D eigenvalue weighted by Crippen LogP contribution is -2.07. The van der Waals surface area contributed by atoms with E-state index in [1.54, 1.807) is 37.4 Å². The third kappa shape index (κ3) is 4.95. The van der Waals surface area contributed by atoms with Crippen LogP contribution in [0.3, 0.4) is 0 Å². The van der Waals surface area contributed by atoms with Gasteiger partial charge in [-0.3, -0.25) is 9.78 Å². The lowest BCUT2D eigenvalue weighted by Gasteiger charge is -2.18. The second-order valence-electron chi connectivity index (χ2n) is 8.74. The molecular weight excluding hydrogens is 489 g/mol. The minimum atomic E-state index is -4.56. The van der Waals surface area contributed by atoms with Crippen LogP contribution in [0.2, 0.25) is 0 Å². The molecule has 0 bridgehead atoms. The number of nitrogens with one attached hydrogen (secondary N) is 1. The zero-order valence-electron chi connectivity index (χ0n) is 20.4. The van der Waals surface area contributed by atoms with Crippen LogP contribution in [0, 0.1) is 0 Å². The van der Waals surface area contributed by atoms with Crippen molar-refractivity contribution in [2.24, 2.45) is 0 Å². The van der Waals surface area contributed by atoms with Gasteiger partial charge in [0, 0.05) is 40.5 Å². The Bertz CT molecular complexity index is 1630.